The number of carbonyl (C=O) groups is 1. The summed E-state index contributed by atoms with van der Waals surface area (Å²) in [6.45, 7) is 4.28. The number of hydrogen-bond donors (Lipinski definition) is 3. The Balaban J connectivity index is 3.39. The van der Waals surface area contributed by atoms with Gasteiger partial charge in [0.2, 0.25) is 5.91 Å². The quantitative estimate of drug-likeness (QED) is 0.0421. The van der Waals surface area contributed by atoms with Crippen LogP contribution in [0.4, 0.5) is 0 Å². The van der Waals surface area contributed by atoms with Crippen LogP contribution in [0.1, 0.15) is 303 Å². The van der Waals surface area contributed by atoms with Gasteiger partial charge >= 0.3 is 0 Å². The van der Waals surface area contributed by atoms with Crippen molar-refractivity contribution in [3.63, 3.8) is 0 Å². The average molecular weight is 909 g/mol. The van der Waals surface area contributed by atoms with Gasteiger partial charge in [0.1, 0.15) is 0 Å². The molecule has 3 N–H and O–H groups in total. The van der Waals surface area contributed by atoms with Gasteiger partial charge in [-0.1, -0.05) is 286 Å². The third-order valence-corrected chi connectivity index (χ3v) is 13.2. The first kappa shape index (κ1) is 63.1. The van der Waals surface area contributed by atoms with Gasteiger partial charge in [0.25, 0.3) is 0 Å². The van der Waals surface area contributed by atoms with Gasteiger partial charge < -0.3 is 15.5 Å². The molecule has 0 aromatic carbocycles. The number of allylic oxidation sites excluding steroid dienone is 9. The van der Waals surface area contributed by atoms with Crippen molar-refractivity contribution in [1.82, 2.24) is 5.32 Å². The van der Waals surface area contributed by atoms with Crippen LogP contribution in [0.25, 0.3) is 0 Å². The van der Waals surface area contributed by atoms with Crippen LogP contribution in [0.3, 0.4) is 0 Å². The summed E-state index contributed by atoms with van der Waals surface area (Å²) in [5.74, 6) is -0.0713. The molecule has 0 aromatic heterocycles. The molecule has 0 saturated carbocycles. The van der Waals surface area contributed by atoms with Crippen molar-refractivity contribution in [2.24, 2.45) is 0 Å². The third kappa shape index (κ3) is 52.9. The zero-order valence-electron chi connectivity index (χ0n) is 43.8. The first-order chi connectivity index (χ1) is 32.2. The Kier molecular flexibility index (Phi) is 54.8. The molecule has 2 atom stereocenters. The lowest BCUT2D eigenvalue weighted by Crippen LogP contribution is -2.45. The summed E-state index contributed by atoms with van der Waals surface area (Å²) in [7, 11) is 0. The maximum absolute atomic E-state index is 12.4. The average Bonchev–Trinajstić information content (AvgIpc) is 3.31. The molecule has 2 unspecified atom stereocenters. The Morgan fingerprint density at radius 3 is 1.00 bits per heavy atom. The van der Waals surface area contributed by atoms with Gasteiger partial charge in [-0.15, -0.1) is 0 Å². The van der Waals surface area contributed by atoms with Crippen LogP contribution in [0.15, 0.2) is 60.8 Å². The molecule has 0 heterocycles. The highest BCUT2D eigenvalue weighted by molar-refractivity contribution is 5.76. The zero-order chi connectivity index (χ0) is 47.0. The number of amides is 1. The lowest BCUT2D eigenvalue weighted by Gasteiger charge is -2.19. The van der Waals surface area contributed by atoms with E-state index in [0.717, 1.165) is 44.9 Å². The molecule has 65 heavy (non-hydrogen) atoms. The molecule has 0 saturated heterocycles. The second-order valence-electron chi connectivity index (χ2n) is 19.7. The van der Waals surface area contributed by atoms with E-state index in [1.807, 2.05) is 6.08 Å². The zero-order valence-corrected chi connectivity index (χ0v) is 43.8. The first-order valence-electron chi connectivity index (χ1n) is 29.0. The van der Waals surface area contributed by atoms with E-state index < -0.39 is 12.1 Å². The van der Waals surface area contributed by atoms with E-state index in [4.69, 9.17) is 0 Å². The minimum atomic E-state index is -0.860. The molecular formula is C61H113NO3. The van der Waals surface area contributed by atoms with Crippen LogP contribution in [0.5, 0.6) is 0 Å². The largest absolute Gasteiger partial charge is 0.394 e. The predicted molar refractivity (Wildman–Crippen MR) is 290 cm³/mol. The Bertz CT molecular complexity index is 1070. The van der Waals surface area contributed by atoms with Crippen molar-refractivity contribution in [3.05, 3.63) is 60.8 Å². The van der Waals surface area contributed by atoms with E-state index in [1.165, 1.54) is 238 Å². The molecule has 0 spiro atoms. The lowest BCUT2D eigenvalue weighted by atomic mass is 10.0. The fourth-order valence-corrected chi connectivity index (χ4v) is 8.79. The van der Waals surface area contributed by atoms with E-state index in [9.17, 15) is 15.0 Å². The van der Waals surface area contributed by atoms with Crippen molar-refractivity contribution in [1.29, 1.82) is 0 Å². The molecule has 0 fully saturated rings. The van der Waals surface area contributed by atoms with Crippen molar-refractivity contribution in [2.75, 3.05) is 6.61 Å². The Labute approximate surface area is 406 Å². The lowest BCUT2D eigenvalue weighted by molar-refractivity contribution is -0.123. The highest BCUT2D eigenvalue weighted by atomic mass is 16.3. The highest BCUT2D eigenvalue weighted by Gasteiger charge is 2.18. The molecular weight excluding hydrogens is 795 g/mol. The maximum atomic E-state index is 12.4. The van der Waals surface area contributed by atoms with Gasteiger partial charge in [-0.05, 0) is 70.6 Å². The third-order valence-electron chi connectivity index (χ3n) is 13.2. The van der Waals surface area contributed by atoms with Gasteiger partial charge in [0.05, 0.1) is 18.8 Å². The predicted octanol–water partition coefficient (Wildman–Crippen LogP) is 19.2. The highest BCUT2D eigenvalue weighted by Crippen LogP contribution is 2.17. The number of rotatable bonds is 53. The normalized spacial score (nSPS) is 13.2. The summed E-state index contributed by atoms with van der Waals surface area (Å²) in [5.41, 5.74) is 0. The van der Waals surface area contributed by atoms with E-state index in [1.54, 1.807) is 6.08 Å². The molecule has 0 aliphatic heterocycles. The summed E-state index contributed by atoms with van der Waals surface area (Å²) in [5, 5.41) is 23.0. The van der Waals surface area contributed by atoms with Crippen molar-refractivity contribution < 1.29 is 15.0 Å². The molecule has 0 bridgehead atoms. The summed E-state index contributed by atoms with van der Waals surface area (Å²) in [6, 6.07) is -0.637. The van der Waals surface area contributed by atoms with Crippen molar-refractivity contribution in [2.45, 2.75) is 315 Å². The number of hydrogen-bond acceptors (Lipinski definition) is 3. The van der Waals surface area contributed by atoms with Crippen LogP contribution in [-0.4, -0.2) is 34.9 Å². The van der Waals surface area contributed by atoms with Gasteiger partial charge in [0, 0.05) is 6.42 Å². The second kappa shape index (κ2) is 56.4. The van der Waals surface area contributed by atoms with E-state index in [0.29, 0.717) is 6.42 Å². The Hall–Kier alpha value is -1.91. The van der Waals surface area contributed by atoms with Gasteiger partial charge in [-0.25, -0.2) is 0 Å². The molecule has 380 valence electrons. The summed E-state index contributed by atoms with van der Waals surface area (Å²) >= 11 is 0. The first-order valence-corrected chi connectivity index (χ1v) is 29.0. The summed E-state index contributed by atoms with van der Waals surface area (Å²) < 4.78 is 0. The van der Waals surface area contributed by atoms with E-state index in [-0.39, 0.29) is 12.5 Å². The van der Waals surface area contributed by atoms with Gasteiger partial charge in [0.15, 0.2) is 0 Å². The smallest absolute Gasteiger partial charge is 0.220 e. The maximum Gasteiger partial charge on any atom is 0.220 e. The molecule has 1 amide bonds. The van der Waals surface area contributed by atoms with Crippen LogP contribution in [0.2, 0.25) is 0 Å². The molecule has 0 rings (SSSR count). The Morgan fingerprint density at radius 2 is 0.646 bits per heavy atom. The minimum Gasteiger partial charge on any atom is -0.394 e. The second-order valence-corrected chi connectivity index (χ2v) is 19.7. The fourth-order valence-electron chi connectivity index (χ4n) is 8.79. The summed E-state index contributed by atoms with van der Waals surface area (Å²) in [4.78, 5) is 12.4. The van der Waals surface area contributed by atoms with Crippen LogP contribution < -0.4 is 5.32 Å². The molecule has 0 aliphatic carbocycles. The number of carbonyl (C=O) groups excluding carboxylic acids is 1. The number of unbranched alkanes of at least 4 members (excludes halogenated alkanes) is 38. The minimum absolute atomic E-state index is 0.0713. The van der Waals surface area contributed by atoms with E-state index in [2.05, 4.69) is 67.8 Å². The van der Waals surface area contributed by atoms with Crippen LogP contribution in [0, 0.1) is 0 Å². The Morgan fingerprint density at radius 1 is 0.369 bits per heavy atom. The monoisotopic (exact) mass is 908 g/mol. The number of aliphatic hydroxyl groups is 2. The number of aliphatic hydroxyl groups excluding tert-OH is 2. The fraction of sp³-hybridized carbons (Fsp3) is 0.820. The molecule has 0 aliphatic rings. The molecule has 0 aromatic rings. The summed E-state index contributed by atoms with van der Waals surface area (Å²) in [6.07, 6.45) is 79.8. The van der Waals surface area contributed by atoms with Crippen molar-refractivity contribution in [3.8, 4) is 0 Å². The van der Waals surface area contributed by atoms with Gasteiger partial charge in [-0.2, -0.15) is 0 Å². The standard InChI is InChI=1S/C61H113NO3/c1-3-5-7-9-11-13-15-17-18-19-20-21-22-23-24-25-26-27-28-29-30-31-32-33-34-35-36-37-38-39-40-41-42-43-44-45-47-49-51-53-55-57-61(65)62-59(58-63)60(64)56-54-52-50-48-46-16-14-12-10-8-6-4-2/h15,17,19-20,22-23,46,48,54,56,59-60,63-64H,3-14,16,18,21,24-45,47,49-53,55,57-58H2,1-2H3,(H,62,65)/b17-15-,20-19-,23-22-,48-46+,56-54+. The van der Waals surface area contributed by atoms with Crippen LogP contribution >= 0.6 is 0 Å². The number of nitrogens with one attached hydrogen (secondary N) is 1. The molecule has 4 nitrogen and oxygen atoms in total. The SMILES string of the molecule is CCCCCCC/C=C\C/C=C\C/C=C\CCCCCCCCCCCCCCCCCCCCCCCCCCCCC(=O)NC(CO)C(O)/C=C/CC/C=C/CCCCCCCC. The van der Waals surface area contributed by atoms with E-state index >= 15 is 0 Å². The van der Waals surface area contributed by atoms with Crippen LogP contribution in [-0.2, 0) is 4.79 Å². The van der Waals surface area contributed by atoms with Gasteiger partial charge in [-0.3, -0.25) is 4.79 Å². The topological polar surface area (TPSA) is 69.6 Å². The molecule has 0 radical (unpaired) electrons. The molecule has 4 heteroatoms. The van der Waals surface area contributed by atoms with Crippen molar-refractivity contribution >= 4 is 5.91 Å².